The fourth-order valence-electron chi connectivity index (χ4n) is 2.37. The van der Waals surface area contributed by atoms with Gasteiger partial charge < -0.3 is 19.7 Å². The van der Waals surface area contributed by atoms with E-state index in [0.717, 1.165) is 0 Å². The van der Waals surface area contributed by atoms with Crippen molar-refractivity contribution in [2.45, 2.75) is 6.92 Å². The van der Waals surface area contributed by atoms with Gasteiger partial charge in [-0.05, 0) is 43.3 Å². The number of hydrogen-bond donors (Lipinski definition) is 2. The fourth-order valence-corrected chi connectivity index (χ4v) is 2.37. The molecule has 6 nitrogen and oxygen atoms in total. The molecule has 3 rings (SSSR count). The van der Waals surface area contributed by atoms with Crippen LogP contribution in [0.4, 0.5) is 5.69 Å². The lowest BCUT2D eigenvalue weighted by atomic mass is 10.0. The Morgan fingerprint density at radius 3 is 2.54 bits per heavy atom. The van der Waals surface area contributed by atoms with Gasteiger partial charge in [0.15, 0.2) is 0 Å². The Hall–Kier alpha value is -3.28. The van der Waals surface area contributed by atoms with Crippen molar-refractivity contribution in [3.05, 3.63) is 59.9 Å². The molecule has 1 heterocycles. The van der Waals surface area contributed by atoms with Crippen LogP contribution in [0, 0.1) is 6.92 Å². The molecule has 2 aromatic carbocycles. The van der Waals surface area contributed by atoms with Gasteiger partial charge in [-0.2, -0.15) is 0 Å². The van der Waals surface area contributed by atoms with Crippen molar-refractivity contribution in [2.75, 3.05) is 12.4 Å². The second kappa shape index (κ2) is 6.45. The zero-order chi connectivity index (χ0) is 17.1. The second-order valence-electron chi connectivity index (χ2n) is 5.16. The summed E-state index contributed by atoms with van der Waals surface area (Å²) in [5.74, 6) is 0.741. The number of aromatic hydroxyl groups is 1. The molecule has 0 saturated heterocycles. The minimum absolute atomic E-state index is 0.0318. The number of nitrogens with one attached hydrogen (secondary N) is 1. The van der Waals surface area contributed by atoms with Crippen LogP contribution in [-0.4, -0.2) is 23.3 Å². The number of nitrogens with zero attached hydrogens (tertiary/aromatic N) is 1. The molecule has 1 amide bonds. The molecule has 1 aromatic heterocycles. The van der Waals surface area contributed by atoms with Gasteiger partial charge in [0.25, 0.3) is 5.91 Å². The highest BCUT2D eigenvalue weighted by Crippen LogP contribution is 2.32. The SMILES string of the molecule is COc1ccc(NC(=O)c2c(-c3ccccc3O)noc2C)cc1. The molecule has 0 aliphatic rings. The van der Waals surface area contributed by atoms with Crippen molar-refractivity contribution in [3.63, 3.8) is 0 Å². The summed E-state index contributed by atoms with van der Waals surface area (Å²) in [6.45, 7) is 1.65. The summed E-state index contributed by atoms with van der Waals surface area (Å²) in [5, 5.41) is 16.7. The number of ether oxygens (including phenoxy) is 1. The highest BCUT2D eigenvalue weighted by Gasteiger charge is 2.23. The first kappa shape index (κ1) is 15.6. The van der Waals surface area contributed by atoms with Gasteiger partial charge in [-0.1, -0.05) is 17.3 Å². The van der Waals surface area contributed by atoms with Gasteiger partial charge in [0.05, 0.1) is 7.11 Å². The molecule has 0 bridgehead atoms. The van der Waals surface area contributed by atoms with Crippen LogP contribution in [0.2, 0.25) is 0 Å². The van der Waals surface area contributed by atoms with Crippen molar-refractivity contribution >= 4 is 11.6 Å². The van der Waals surface area contributed by atoms with Gasteiger partial charge in [-0.3, -0.25) is 4.79 Å². The molecule has 0 unspecified atom stereocenters. The lowest BCUT2D eigenvalue weighted by molar-refractivity contribution is 0.102. The highest BCUT2D eigenvalue weighted by molar-refractivity contribution is 6.09. The van der Waals surface area contributed by atoms with Crippen LogP contribution in [0.3, 0.4) is 0 Å². The van der Waals surface area contributed by atoms with Gasteiger partial charge in [0, 0.05) is 11.3 Å². The van der Waals surface area contributed by atoms with Crippen molar-refractivity contribution in [2.24, 2.45) is 0 Å². The predicted octanol–water partition coefficient (Wildman–Crippen LogP) is 3.62. The standard InChI is InChI=1S/C18H16N2O4/c1-11-16(17(20-24-11)14-5-3-4-6-15(14)21)18(22)19-12-7-9-13(23-2)10-8-12/h3-10,21H,1-2H3,(H,19,22). The van der Waals surface area contributed by atoms with Crippen LogP contribution in [0.5, 0.6) is 11.5 Å². The van der Waals surface area contributed by atoms with Gasteiger partial charge >= 0.3 is 0 Å². The number of phenols is 1. The largest absolute Gasteiger partial charge is 0.507 e. The summed E-state index contributed by atoms with van der Waals surface area (Å²) in [5.41, 5.74) is 1.64. The Morgan fingerprint density at radius 1 is 1.17 bits per heavy atom. The maximum atomic E-state index is 12.6. The van der Waals surface area contributed by atoms with E-state index < -0.39 is 0 Å². The zero-order valence-electron chi connectivity index (χ0n) is 13.2. The second-order valence-corrected chi connectivity index (χ2v) is 5.16. The number of hydrogen-bond acceptors (Lipinski definition) is 5. The first-order chi connectivity index (χ1) is 11.6. The first-order valence-corrected chi connectivity index (χ1v) is 7.30. The average Bonchev–Trinajstić information content (AvgIpc) is 2.97. The summed E-state index contributed by atoms with van der Waals surface area (Å²) in [6, 6.07) is 13.6. The van der Waals surface area contributed by atoms with Crippen LogP contribution in [0.25, 0.3) is 11.3 Å². The minimum Gasteiger partial charge on any atom is -0.507 e. The minimum atomic E-state index is -0.364. The van der Waals surface area contributed by atoms with Crippen molar-refractivity contribution < 1.29 is 19.2 Å². The third-order valence-corrected chi connectivity index (χ3v) is 3.60. The topological polar surface area (TPSA) is 84.6 Å². The molecule has 0 spiro atoms. The Balaban J connectivity index is 1.93. The van der Waals surface area contributed by atoms with Crippen molar-refractivity contribution in [1.82, 2.24) is 5.16 Å². The number of carbonyl (C=O) groups excluding carboxylic acids is 1. The Bertz CT molecular complexity index is 869. The molecule has 3 aromatic rings. The Kier molecular flexibility index (Phi) is 4.20. The molecular formula is C18H16N2O4. The van der Waals surface area contributed by atoms with Gasteiger partial charge in [0.2, 0.25) is 0 Å². The van der Waals surface area contributed by atoms with E-state index in [4.69, 9.17) is 9.26 Å². The molecular weight excluding hydrogens is 308 g/mol. The van der Waals surface area contributed by atoms with Crippen LogP contribution in [0.15, 0.2) is 53.1 Å². The number of rotatable bonds is 4. The lowest BCUT2D eigenvalue weighted by Gasteiger charge is -2.07. The quantitative estimate of drug-likeness (QED) is 0.766. The number of aryl methyl sites for hydroxylation is 1. The Morgan fingerprint density at radius 2 is 1.88 bits per heavy atom. The summed E-state index contributed by atoms with van der Waals surface area (Å²) in [7, 11) is 1.58. The monoisotopic (exact) mass is 324 g/mol. The molecule has 0 radical (unpaired) electrons. The molecule has 6 heteroatoms. The summed E-state index contributed by atoms with van der Waals surface area (Å²) in [6.07, 6.45) is 0. The first-order valence-electron chi connectivity index (χ1n) is 7.30. The van der Waals surface area contributed by atoms with Crippen LogP contribution in [0.1, 0.15) is 16.1 Å². The molecule has 24 heavy (non-hydrogen) atoms. The Labute approximate surface area is 138 Å². The van der Waals surface area contributed by atoms with E-state index >= 15 is 0 Å². The number of amides is 1. The molecule has 0 atom stereocenters. The van der Waals surface area contributed by atoms with E-state index in [1.54, 1.807) is 56.5 Å². The number of phenolic OH excluding ortho intramolecular Hbond substituents is 1. The van der Waals surface area contributed by atoms with E-state index in [1.807, 2.05) is 0 Å². The molecule has 2 N–H and O–H groups in total. The van der Waals surface area contributed by atoms with Crippen molar-refractivity contribution in [1.29, 1.82) is 0 Å². The fraction of sp³-hybridized carbons (Fsp3) is 0.111. The normalized spacial score (nSPS) is 10.4. The third-order valence-electron chi connectivity index (χ3n) is 3.60. The lowest BCUT2D eigenvalue weighted by Crippen LogP contribution is -2.13. The van der Waals surface area contributed by atoms with Gasteiger partial charge in [0.1, 0.15) is 28.5 Å². The summed E-state index contributed by atoms with van der Waals surface area (Å²) >= 11 is 0. The molecule has 0 fully saturated rings. The number of aromatic nitrogens is 1. The molecule has 0 saturated carbocycles. The number of methoxy groups -OCH3 is 1. The summed E-state index contributed by atoms with van der Waals surface area (Å²) in [4.78, 5) is 12.6. The van der Waals surface area contributed by atoms with Gasteiger partial charge in [-0.25, -0.2) is 0 Å². The van der Waals surface area contributed by atoms with Crippen LogP contribution in [-0.2, 0) is 0 Å². The van der Waals surface area contributed by atoms with E-state index in [0.29, 0.717) is 28.5 Å². The van der Waals surface area contributed by atoms with Crippen molar-refractivity contribution in [3.8, 4) is 22.8 Å². The molecule has 122 valence electrons. The van der Waals surface area contributed by atoms with E-state index in [2.05, 4.69) is 10.5 Å². The molecule has 0 aliphatic heterocycles. The van der Waals surface area contributed by atoms with E-state index in [-0.39, 0.29) is 17.2 Å². The maximum absolute atomic E-state index is 12.6. The summed E-state index contributed by atoms with van der Waals surface area (Å²) < 4.78 is 10.2. The number of carbonyl (C=O) groups is 1. The average molecular weight is 324 g/mol. The van der Waals surface area contributed by atoms with E-state index in [1.165, 1.54) is 6.07 Å². The third kappa shape index (κ3) is 2.94. The zero-order valence-corrected chi connectivity index (χ0v) is 13.2. The van der Waals surface area contributed by atoms with Crippen LogP contribution < -0.4 is 10.1 Å². The highest BCUT2D eigenvalue weighted by atomic mass is 16.5. The van der Waals surface area contributed by atoms with E-state index in [9.17, 15) is 9.90 Å². The smallest absolute Gasteiger partial charge is 0.261 e. The molecule has 0 aliphatic carbocycles. The maximum Gasteiger partial charge on any atom is 0.261 e. The van der Waals surface area contributed by atoms with Crippen LogP contribution >= 0.6 is 0 Å². The predicted molar refractivity (Wildman–Crippen MR) is 89.3 cm³/mol. The number of benzene rings is 2. The number of anilines is 1. The number of para-hydroxylation sites is 1. The van der Waals surface area contributed by atoms with Gasteiger partial charge in [-0.15, -0.1) is 0 Å².